The highest BCUT2D eigenvalue weighted by Crippen LogP contribution is 2.33. The molecule has 104 valence electrons. The van der Waals surface area contributed by atoms with E-state index in [4.69, 9.17) is 4.74 Å². The van der Waals surface area contributed by atoms with Crippen LogP contribution in [-0.4, -0.2) is 21.9 Å². The molecule has 0 aliphatic rings. The Labute approximate surface area is 123 Å². The molecule has 0 spiro atoms. The molecule has 0 unspecified atom stereocenters. The van der Waals surface area contributed by atoms with Gasteiger partial charge in [-0.1, -0.05) is 15.9 Å². The van der Waals surface area contributed by atoms with Gasteiger partial charge >= 0.3 is 5.69 Å². The molecule has 0 atom stereocenters. The largest absolute Gasteiger partial charge is 0.432 e. The molecule has 0 fully saturated rings. The Hall–Kier alpha value is -2.22. The predicted octanol–water partition coefficient (Wildman–Crippen LogP) is 3.29. The van der Waals surface area contributed by atoms with E-state index in [9.17, 15) is 10.1 Å². The van der Waals surface area contributed by atoms with E-state index in [-0.39, 0.29) is 17.3 Å². The number of halogens is 1. The van der Waals surface area contributed by atoms with Crippen molar-refractivity contribution in [2.45, 2.75) is 6.92 Å². The Balaban J connectivity index is 2.39. The summed E-state index contributed by atoms with van der Waals surface area (Å²) in [6, 6.07) is 6.16. The maximum atomic E-state index is 11.0. The Morgan fingerprint density at radius 3 is 2.75 bits per heavy atom. The Kier molecular flexibility index (Phi) is 4.14. The van der Waals surface area contributed by atoms with Crippen LogP contribution < -0.4 is 10.1 Å². The molecule has 1 aromatic carbocycles. The number of nitro groups is 1. The lowest BCUT2D eigenvalue weighted by atomic mass is 10.3. The summed E-state index contributed by atoms with van der Waals surface area (Å²) in [6.45, 7) is 1.78. The van der Waals surface area contributed by atoms with Gasteiger partial charge in [0.1, 0.15) is 0 Å². The van der Waals surface area contributed by atoms with Crippen molar-refractivity contribution in [2.24, 2.45) is 0 Å². The summed E-state index contributed by atoms with van der Waals surface area (Å²) < 4.78 is 6.10. The molecule has 0 bridgehead atoms. The monoisotopic (exact) mass is 338 g/mol. The highest BCUT2D eigenvalue weighted by molar-refractivity contribution is 9.10. The van der Waals surface area contributed by atoms with Crippen LogP contribution in [0.15, 0.2) is 28.7 Å². The average molecular weight is 339 g/mol. The molecule has 8 heteroatoms. The van der Waals surface area contributed by atoms with Crippen molar-refractivity contribution >= 4 is 27.6 Å². The van der Waals surface area contributed by atoms with E-state index in [0.29, 0.717) is 16.1 Å². The fourth-order valence-electron chi connectivity index (χ4n) is 1.54. The minimum Gasteiger partial charge on any atom is -0.432 e. The van der Waals surface area contributed by atoms with Crippen LogP contribution in [0.2, 0.25) is 0 Å². The molecular formula is C12H11BrN4O3. The molecule has 1 heterocycles. The molecule has 2 rings (SSSR count). The third-order valence-corrected chi connectivity index (χ3v) is 2.88. The van der Waals surface area contributed by atoms with Crippen LogP contribution >= 0.6 is 15.9 Å². The number of aryl methyl sites for hydroxylation is 1. The summed E-state index contributed by atoms with van der Waals surface area (Å²) in [7, 11) is 1.68. The molecule has 2 aromatic rings. The van der Waals surface area contributed by atoms with E-state index in [0.717, 1.165) is 0 Å². The number of nitrogens with zero attached hydrogens (tertiary/aromatic N) is 3. The molecule has 0 saturated carbocycles. The second-order valence-electron chi connectivity index (χ2n) is 3.89. The highest BCUT2D eigenvalue weighted by Gasteiger charge is 2.17. The van der Waals surface area contributed by atoms with Gasteiger partial charge in [0.2, 0.25) is 17.6 Å². The van der Waals surface area contributed by atoms with E-state index in [1.807, 2.05) is 0 Å². The summed E-state index contributed by atoms with van der Waals surface area (Å²) in [4.78, 5) is 18.7. The van der Waals surface area contributed by atoms with Gasteiger partial charge in [0.05, 0.1) is 4.92 Å². The van der Waals surface area contributed by atoms with Crippen molar-refractivity contribution in [1.82, 2.24) is 9.97 Å². The molecule has 1 aromatic heterocycles. The van der Waals surface area contributed by atoms with Gasteiger partial charge in [0.15, 0.2) is 0 Å². The first kappa shape index (κ1) is 14.2. The fourth-order valence-corrected chi connectivity index (χ4v) is 1.88. The van der Waals surface area contributed by atoms with E-state index >= 15 is 0 Å². The van der Waals surface area contributed by atoms with Crippen LogP contribution in [0.4, 0.5) is 11.6 Å². The van der Waals surface area contributed by atoms with E-state index in [2.05, 4.69) is 31.2 Å². The third-order valence-electron chi connectivity index (χ3n) is 2.39. The quantitative estimate of drug-likeness (QED) is 0.679. The van der Waals surface area contributed by atoms with Crippen LogP contribution in [0.5, 0.6) is 11.6 Å². The smallest absolute Gasteiger partial charge is 0.312 e. The first-order valence-corrected chi connectivity index (χ1v) is 6.44. The van der Waals surface area contributed by atoms with Gasteiger partial charge in [-0.15, -0.1) is 0 Å². The topological polar surface area (TPSA) is 90.2 Å². The maximum absolute atomic E-state index is 11.0. The van der Waals surface area contributed by atoms with Crippen LogP contribution in [0, 0.1) is 17.0 Å². The summed E-state index contributed by atoms with van der Waals surface area (Å²) in [5.74, 6) is 0.755. The van der Waals surface area contributed by atoms with Crippen molar-refractivity contribution < 1.29 is 9.66 Å². The van der Waals surface area contributed by atoms with Crippen molar-refractivity contribution in [3.63, 3.8) is 0 Å². The Bertz CT molecular complexity index is 663. The molecule has 7 nitrogen and oxygen atoms in total. The van der Waals surface area contributed by atoms with Crippen molar-refractivity contribution in [2.75, 3.05) is 12.4 Å². The second kappa shape index (κ2) is 5.83. The zero-order chi connectivity index (χ0) is 14.7. The third kappa shape index (κ3) is 3.21. The molecule has 0 aliphatic heterocycles. The van der Waals surface area contributed by atoms with Crippen LogP contribution in [-0.2, 0) is 0 Å². The van der Waals surface area contributed by atoms with E-state index < -0.39 is 4.92 Å². The van der Waals surface area contributed by atoms with E-state index in [1.165, 1.54) is 12.1 Å². The lowest BCUT2D eigenvalue weighted by Crippen LogP contribution is -2.00. The number of benzene rings is 1. The van der Waals surface area contributed by atoms with Gasteiger partial charge < -0.3 is 10.1 Å². The summed E-state index contributed by atoms with van der Waals surface area (Å²) >= 11 is 3.19. The van der Waals surface area contributed by atoms with Crippen LogP contribution in [0.25, 0.3) is 0 Å². The molecule has 0 radical (unpaired) electrons. The van der Waals surface area contributed by atoms with Gasteiger partial charge in [0, 0.05) is 29.3 Å². The van der Waals surface area contributed by atoms with Gasteiger partial charge in [0.25, 0.3) is 0 Å². The average Bonchev–Trinajstić information content (AvgIpc) is 2.40. The summed E-state index contributed by atoms with van der Waals surface area (Å²) in [5.41, 5.74) is 0.556. The molecule has 0 amide bonds. The first-order valence-electron chi connectivity index (χ1n) is 5.65. The van der Waals surface area contributed by atoms with Crippen molar-refractivity contribution in [3.05, 3.63) is 44.5 Å². The predicted molar refractivity (Wildman–Crippen MR) is 77.2 cm³/mol. The number of ether oxygens (including phenoxy) is 1. The SMILES string of the molecule is CNc1nc(C)cc(Oc2ccc(Br)cc2[N+](=O)[O-])n1. The maximum Gasteiger partial charge on any atom is 0.312 e. The molecule has 20 heavy (non-hydrogen) atoms. The van der Waals surface area contributed by atoms with Crippen LogP contribution in [0.3, 0.4) is 0 Å². The lowest BCUT2D eigenvalue weighted by molar-refractivity contribution is -0.385. The number of anilines is 1. The molecule has 0 aliphatic carbocycles. The standard InChI is InChI=1S/C12H11BrN4O3/c1-7-5-11(16-12(14-2)15-7)20-10-4-3-8(13)6-9(10)17(18)19/h3-6H,1-2H3,(H,14,15,16). The number of aromatic nitrogens is 2. The van der Waals surface area contributed by atoms with Gasteiger partial charge in [-0.25, -0.2) is 4.98 Å². The fraction of sp³-hybridized carbons (Fsp3) is 0.167. The number of nitro benzene ring substituents is 1. The number of hydrogen-bond donors (Lipinski definition) is 1. The number of nitrogens with one attached hydrogen (secondary N) is 1. The molecular weight excluding hydrogens is 328 g/mol. The van der Waals surface area contributed by atoms with Crippen LogP contribution in [0.1, 0.15) is 5.69 Å². The Morgan fingerprint density at radius 2 is 2.10 bits per heavy atom. The molecule has 1 N–H and O–H groups in total. The number of hydrogen-bond acceptors (Lipinski definition) is 6. The zero-order valence-electron chi connectivity index (χ0n) is 10.8. The minimum atomic E-state index is -0.507. The van der Waals surface area contributed by atoms with Gasteiger partial charge in [-0.05, 0) is 19.1 Å². The van der Waals surface area contributed by atoms with Crippen molar-refractivity contribution in [1.29, 1.82) is 0 Å². The van der Waals surface area contributed by atoms with E-state index in [1.54, 1.807) is 26.1 Å². The normalized spacial score (nSPS) is 10.2. The summed E-state index contributed by atoms with van der Waals surface area (Å²) in [5, 5.41) is 13.8. The second-order valence-corrected chi connectivity index (χ2v) is 4.81. The minimum absolute atomic E-state index is 0.123. The van der Waals surface area contributed by atoms with Gasteiger partial charge in [-0.2, -0.15) is 4.98 Å². The molecule has 0 saturated heterocycles. The Morgan fingerprint density at radius 1 is 1.35 bits per heavy atom. The first-order chi connectivity index (χ1) is 9.49. The zero-order valence-corrected chi connectivity index (χ0v) is 12.3. The number of rotatable bonds is 4. The lowest BCUT2D eigenvalue weighted by Gasteiger charge is -2.08. The van der Waals surface area contributed by atoms with Gasteiger partial charge in [-0.3, -0.25) is 10.1 Å². The summed E-state index contributed by atoms with van der Waals surface area (Å²) in [6.07, 6.45) is 0. The highest BCUT2D eigenvalue weighted by atomic mass is 79.9. The van der Waals surface area contributed by atoms with Crippen molar-refractivity contribution in [3.8, 4) is 11.6 Å².